The Labute approximate surface area is 135 Å². The minimum absolute atomic E-state index is 0.0900. The van der Waals surface area contributed by atoms with Crippen molar-refractivity contribution in [3.8, 4) is 11.5 Å². The zero-order valence-electron chi connectivity index (χ0n) is 13.8. The van der Waals surface area contributed by atoms with Crippen LogP contribution < -0.4 is 14.8 Å². The van der Waals surface area contributed by atoms with Gasteiger partial charge in [0.25, 0.3) is 5.91 Å². The van der Waals surface area contributed by atoms with Crippen molar-refractivity contribution in [1.82, 2.24) is 5.32 Å². The molecule has 0 aliphatic carbocycles. The lowest BCUT2D eigenvalue weighted by molar-refractivity contribution is -0.139. The maximum Gasteiger partial charge on any atom is 0.305 e. The number of ether oxygens (including phenoxy) is 3. The quantitative estimate of drug-likeness (QED) is 0.712. The molecule has 0 aliphatic rings. The first kappa shape index (κ1) is 18.8. The summed E-state index contributed by atoms with van der Waals surface area (Å²) >= 11 is 0. The highest BCUT2D eigenvalue weighted by Gasteiger charge is 2.29. The molecule has 23 heavy (non-hydrogen) atoms. The van der Waals surface area contributed by atoms with Gasteiger partial charge in [-0.15, -0.1) is 0 Å². The lowest BCUT2D eigenvalue weighted by Crippen LogP contribution is -2.52. The monoisotopic (exact) mass is 325 g/mol. The average Bonchev–Trinajstić information content (AvgIpc) is 2.44. The molecule has 1 aromatic rings. The van der Waals surface area contributed by atoms with E-state index in [-0.39, 0.29) is 19.6 Å². The Kier molecular flexibility index (Phi) is 6.84. The van der Waals surface area contributed by atoms with Crippen LogP contribution in [0.3, 0.4) is 0 Å². The van der Waals surface area contributed by atoms with Crippen LogP contribution in [0.25, 0.3) is 0 Å². The predicted octanol–water partition coefficient (Wildman–Crippen LogP) is 1.38. The highest BCUT2D eigenvalue weighted by Crippen LogP contribution is 2.22. The number of hydrogen-bond acceptors (Lipinski definition) is 5. The maximum absolute atomic E-state index is 12.0. The number of nitrogens with one attached hydrogen (secondary N) is 1. The number of carbonyl (C=O) groups is 2. The van der Waals surface area contributed by atoms with Crippen molar-refractivity contribution in [2.24, 2.45) is 0 Å². The fraction of sp³-hybridized carbons (Fsp3) is 0.500. The first-order valence-corrected chi connectivity index (χ1v) is 7.09. The van der Waals surface area contributed by atoms with Gasteiger partial charge in [-0.3, -0.25) is 9.59 Å². The third-order valence-corrected chi connectivity index (χ3v) is 3.18. The van der Waals surface area contributed by atoms with Crippen LogP contribution in [-0.4, -0.2) is 50.0 Å². The minimum Gasteiger partial charge on any atom is -0.496 e. The molecule has 7 heteroatoms. The Hall–Kier alpha value is -2.28. The zero-order chi connectivity index (χ0) is 17.5. The Morgan fingerprint density at radius 1 is 1.30 bits per heavy atom. The molecule has 0 heterocycles. The number of carboxylic acid groups (broad SMARTS) is 1. The number of rotatable bonds is 9. The van der Waals surface area contributed by atoms with Gasteiger partial charge in [0.1, 0.15) is 11.5 Å². The van der Waals surface area contributed by atoms with Crippen LogP contribution >= 0.6 is 0 Å². The lowest BCUT2D eigenvalue weighted by Gasteiger charge is -2.28. The number of carbonyl (C=O) groups excluding carboxylic acids is 1. The molecule has 1 rings (SSSR count). The predicted molar refractivity (Wildman–Crippen MR) is 83.9 cm³/mol. The van der Waals surface area contributed by atoms with Gasteiger partial charge in [-0.1, -0.05) is 0 Å². The number of amides is 1. The van der Waals surface area contributed by atoms with E-state index >= 15 is 0 Å². The van der Waals surface area contributed by atoms with E-state index in [4.69, 9.17) is 19.3 Å². The first-order valence-electron chi connectivity index (χ1n) is 7.09. The Morgan fingerprint density at radius 2 is 2.00 bits per heavy atom. The van der Waals surface area contributed by atoms with Crippen molar-refractivity contribution >= 4 is 11.9 Å². The second kappa shape index (κ2) is 8.38. The van der Waals surface area contributed by atoms with Crippen molar-refractivity contribution in [2.75, 3.05) is 27.4 Å². The zero-order valence-corrected chi connectivity index (χ0v) is 13.8. The van der Waals surface area contributed by atoms with Crippen molar-refractivity contribution in [3.63, 3.8) is 0 Å². The van der Waals surface area contributed by atoms with E-state index in [0.29, 0.717) is 5.75 Å². The molecule has 0 radical (unpaired) electrons. The van der Waals surface area contributed by atoms with Gasteiger partial charge < -0.3 is 24.6 Å². The third-order valence-electron chi connectivity index (χ3n) is 3.18. The summed E-state index contributed by atoms with van der Waals surface area (Å²) < 4.78 is 15.6. The SMILES string of the molecule is COCC(C)(CC(=O)O)NC(=O)COc1ccc(OC)c(C)c1. The van der Waals surface area contributed by atoms with E-state index in [0.717, 1.165) is 11.3 Å². The van der Waals surface area contributed by atoms with Crippen LogP contribution in [-0.2, 0) is 14.3 Å². The summed E-state index contributed by atoms with van der Waals surface area (Å²) in [5.74, 6) is -0.170. The molecule has 1 atom stereocenters. The first-order chi connectivity index (χ1) is 10.8. The van der Waals surface area contributed by atoms with Gasteiger partial charge in [0.15, 0.2) is 6.61 Å². The summed E-state index contributed by atoms with van der Waals surface area (Å²) in [5, 5.41) is 11.6. The molecule has 1 amide bonds. The van der Waals surface area contributed by atoms with Crippen molar-refractivity contribution in [1.29, 1.82) is 0 Å². The van der Waals surface area contributed by atoms with Gasteiger partial charge in [-0.25, -0.2) is 0 Å². The van der Waals surface area contributed by atoms with E-state index in [1.165, 1.54) is 7.11 Å². The topological polar surface area (TPSA) is 94.1 Å². The normalized spacial score (nSPS) is 13.0. The molecule has 7 nitrogen and oxygen atoms in total. The van der Waals surface area contributed by atoms with E-state index in [2.05, 4.69) is 5.32 Å². The summed E-state index contributed by atoms with van der Waals surface area (Å²) in [6.45, 7) is 3.35. The number of aryl methyl sites for hydroxylation is 1. The molecule has 0 saturated carbocycles. The standard InChI is InChI=1S/C16H23NO6/c1-11-7-12(5-6-13(11)22-4)23-9-14(18)17-16(2,10-21-3)8-15(19)20/h5-7H,8-10H2,1-4H3,(H,17,18)(H,19,20). The van der Waals surface area contributed by atoms with Crippen LogP contribution in [0, 0.1) is 6.92 Å². The molecular weight excluding hydrogens is 302 g/mol. The molecule has 1 aromatic carbocycles. The fourth-order valence-corrected chi connectivity index (χ4v) is 2.25. The van der Waals surface area contributed by atoms with E-state index in [1.54, 1.807) is 32.2 Å². The van der Waals surface area contributed by atoms with Crippen LogP contribution in [0.1, 0.15) is 18.9 Å². The van der Waals surface area contributed by atoms with Gasteiger partial charge in [0.2, 0.25) is 0 Å². The summed E-state index contributed by atoms with van der Waals surface area (Å²) in [4.78, 5) is 22.9. The Bertz CT molecular complexity index is 560. The molecule has 0 bridgehead atoms. The number of methoxy groups -OCH3 is 2. The van der Waals surface area contributed by atoms with E-state index in [9.17, 15) is 9.59 Å². The number of carboxylic acids is 1. The van der Waals surface area contributed by atoms with Crippen LogP contribution in [0.5, 0.6) is 11.5 Å². The minimum atomic E-state index is -1.02. The highest BCUT2D eigenvalue weighted by molar-refractivity contribution is 5.79. The number of benzene rings is 1. The molecular formula is C16H23NO6. The van der Waals surface area contributed by atoms with Gasteiger partial charge in [0.05, 0.1) is 25.7 Å². The molecule has 0 aliphatic heterocycles. The summed E-state index contributed by atoms with van der Waals surface area (Å²) in [6, 6.07) is 5.21. The second-order valence-corrected chi connectivity index (χ2v) is 5.53. The maximum atomic E-state index is 12.0. The van der Waals surface area contributed by atoms with Crippen LogP contribution in [0.2, 0.25) is 0 Å². The van der Waals surface area contributed by atoms with Gasteiger partial charge in [-0.05, 0) is 37.6 Å². The number of hydrogen-bond donors (Lipinski definition) is 2. The average molecular weight is 325 g/mol. The van der Waals surface area contributed by atoms with Gasteiger partial charge in [0, 0.05) is 7.11 Å². The smallest absolute Gasteiger partial charge is 0.305 e. The molecule has 128 valence electrons. The Morgan fingerprint density at radius 3 is 2.52 bits per heavy atom. The fourth-order valence-electron chi connectivity index (χ4n) is 2.25. The number of aliphatic carboxylic acids is 1. The van der Waals surface area contributed by atoms with Crippen molar-refractivity contribution in [2.45, 2.75) is 25.8 Å². The summed E-state index contributed by atoms with van der Waals surface area (Å²) in [5.41, 5.74) is -0.0999. The summed E-state index contributed by atoms with van der Waals surface area (Å²) in [7, 11) is 3.03. The van der Waals surface area contributed by atoms with E-state index in [1.807, 2.05) is 6.92 Å². The van der Waals surface area contributed by atoms with Crippen LogP contribution in [0.15, 0.2) is 18.2 Å². The molecule has 0 saturated heterocycles. The van der Waals surface area contributed by atoms with Gasteiger partial charge >= 0.3 is 5.97 Å². The molecule has 1 unspecified atom stereocenters. The van der Waals surface area contributed by atoms with Crippen molar-refractivity contribution in [3.05, 3.63) is 23.8 Å². The molecule has 0 fully saturated rings. The molecule has 2 N–H and O–H groups in total. The summed E-state index contributed by atoms with van der Waals surface area (Å²) in [6.07, 6.45) is -0.242. The highest BCUT2D eigenvalue weighted by atomic mass is 16.5. The van der Waals surface area contributed by atoms with Gasteiger partial charge in [-0.2, -0.15) is 0 Å². The molecule has 0 aromatic heterocycles. The Balaban J connectivity index is 2.61. The second-order valence-electron chi connectivity index (χ2n) is 5.53. The lowest BCUT2D eigenvalue weighted by atomic mass is 9.99. The van der Waals surface area contributed by atoms with E-state index < -0.39 is 17.4 Å². The molecule has 0 spiro atoms. The van der Waals surface area contributed by atoms with Crippen LogP contribution in [0.4, 0.5) is 0 Å². The third kappa shape index (κ3) is 6.15. The van der Waals surface area contributed by atoms with Crippen molar-refractivity contribution < 1.29 is 28.9 Å². The largest absolute Gasteiger partial charge is 0.496 e.